The fraction of sp³-hybridized carbons (Fsp3) is 0.300. The first-order valence-electron chi connectivity index (χ1n) is 8.29. The van der Waals surface area contributed by atoms with Gasteiger partial charge in [-0.05, 0) is 37.6 Å². The summed E-state index contributed by atoms with van der Waals surface area (Å²) in [4.78, 5) is 18.7. The number of methoxy groups -OCH3 is 1. The highest BCUT2D eigenvalue weighted by molar-refractivity contribution is 5.92. The van der Waals surface area contributed by atoms with E-state index in [0.717, 1.165) is 6.54 Å². The van der Waals surface area contributed by atoms with E-state index in [2.05, 4.69) is 4.99 Å². The van der Waals surface area contributed by atoms with Gasteiger partial charge in [0, 0.05) is 19.2 Å². The highest BCUT2D eigenvalue weighted by Crippen LogP contribution is 2.31. The maximum absolute atomic E-state index is 13.6. The number of aryl methyl sites for hydroxylation is 1. The zero-order valence-electron chi connectivity index (χ0n) is 15.5. The molecule has 2 aromatic carbocycles. The predicted molar refractivity (Wildman–Crippen MR) is 99.7 cm³/mol. The van der Waals surface area contributed by atoms with Crippen molar-refractivity contribution in [3.05, 3.63) is 58.9 Å². The molecule has 0 atom stereocenters. The molecule has 0 aromatic heterocycles. The Balaban J connectivity index is 2.19. The first-order valence-corrected chi connectivity index (χ1v) is 8.29. The maximum Gasteiger partial charge on any atom is 0.338 e. The lowest BCUT2D eigenvalue weighted by Crippen LogP contribution is -2.14. The third-order valence-corrected chi connectivity index (χ3v) is 3.96. The van der Waals surface area contributed by atoms with E-state index >= 15 is 0 Å². The first kappa shape index (κ1) is 19.4. The van der Waals surface area contributed by atoms with Crippen molar-refractivity contribution in [1.82, 2.24) is 4.90 Å². The molecular formula is C20H23FN2O3. The van der Waals surface area contributed by atoms with Gasteiger partial charge < -0.3 is 14.4 Å². The number of esters is 1. The zero-order valence-corrected chi connectivity index (χ0v) is 15.5. The Kier molecular flexibility index (Phi) is 6.72. The molecule has 138 valence electrons. The minimum absolute atomic E-state index is 0.130. The summed E-state index contributed by atoms with van der Waals surface area (Å²) in [6, 6.07) is 9.55. The van der Waals surface area contributed by atoms with Gasteiger partial charge in [-0.25, -0.2) is 14.2 Å². The molecule has 0 radical (unpaired) electrons. The van der Waals surface area contributed by atoms with Crippen molar-refractivity contribution >= 4 is 18.0 Å². The molecule has 0 N–H and O–H groups in total. The molecular weight excluding hydrogens is 335 g/mol. The van der Waals surface area contributed by atoms with Crippen LogP contribution < -0.4 is 4.74 Å². The minimum Gasteiger partial charge on any atom is -0.494 e. The van der Waals surface area contributed by atoms with Crippen molar-refractivity contribution in [3.8, 4) is 5.75 Å². The number of nitrogens with zero attached hydrogens (tertiary/aromatic N) is 2. The number of hydrogen-bond donors (Lipinski definition) is 0. The number of carbonyl (C=O) groups is 1. The van der Waals surface area contributed by atoms with Gasteiger partial charge in [-0.15, -0.1) is 0 Å². The lowest BCUT2D eigenvalue weighted by Gasteiger charge is -2.13. The van der Waals surface area contributed by atoms with Gasteiger partial charge in [-0.2, -0.15) is 0 Å². The number of halogens is 1. The Labute approximate surface area is 153 Å². The predicted octanol–water partition coefficient (Wildman–Crippen LogP) is 4.11. The molecule has 0 aliphatic carbocycles. The van der Waals surface area contributed by atoms with Crippen molar-refractivity contribution in [1.29, 1.82) is 0 Å². The number of rotatable bonds is 7. The van der Waals surface area contributed by atoms with Gasteiger partial charge in [0.1, 0.15) is 23.9 Å². The average Bonchev–Trinajstić information content (AvgIpc) is 2.65. The number of carbonyl (C=O) groups excluding carboxylic acids is 1. The SMILES string of the molecule is CCN(C)/C=N/c1cc(C)c(C(=O)OCc2ccccc2F)cc1OC. The van der Waals surface area contributed by atoms with Crippen LogP contribution >= 0.6 is 0 Å². The van der Waals surface area contributed by atoms with E-state index in [9.17, 15) is 9.18 Å². The maximum atomic E-state index is 13.6. The fourth-order valence-corrected chi connectivity index (χ4v) is 2.24. The molecule has 5 nitrogen and oxygen atoms in total. The Morgan fingerprint density at radius 1 is 1.31 bits per heavy atom. The summed E-state index contributed by atoms with van der Waals surface area (Å²) in [5.41, 5.74) is 2.02. The van der Waals surface area contributed by atoms with Gasteiger partial charge in [-0.1, -0.05) is 18.2 Å². The van der Waals surface area contributed by atoms with Crippen LogP contribution in [-0.4, -0.2) is 37.9 Å². The summed E-state index contributed by atoms with van der Waals surface area (Å²) < 4.78 is 24.2. The molecule has 0 bridgehead atoms. The molecule has 0 saturated heterocycles. The molecule has 0 fully saturated rings. The van der Waals surface area contributed by atoms with Crippen molar-refractivity contribution in [2.75, 3.05) is 20.7 Å². The van der Waals surface area contributed by atoms with Crippen LogP contribution in [0.1, 0.15) is 28.4 Å². The molecule has 2 rings (SSSR count). The van der Waals surface area contributed by atoms with E-state index in [1.165, 1.54) is 13.2 Å². The van der Waals surface area contributed by atoms with Crippen LogP contribution in [0.5, 0.6) is 5.75 Å². The van der Waals surface area contributed by atoms with Crippen LogP contribution in [0.4, 0.5) is 10.1 Å². The van der Waals surface area contributed by atoms with Gasteiger partial charge in [0.2, 0.25) is 0 Å². The van der Waals surface area contributed by atoms with E-state index in [1.54, 1.807) is 43.6 Å². The summed E-state index contributed by atoms with van der Waals surface area (Å²) in [7, 11) is 3.43. The summed E-state index contributed by atoms with van der Waals surface area (Å²) >= 11 is 0. The lowest BCUT2D eigenvalue weighted by atomic mass is 10.1. The smallest absolute Gasteiger partial charge is 0.338 e. The van der Waals surface area contributed by atoms with E-state index in [4.69, 9.17) is 9.47 Å². The van der Waals surface area contributed by atoms with E-state index in [-0.39, 0.29) is 6.61 Å². The van der Waals surface area contributed by atoms with Crippen molar-refractivity contribution < 1.29 is 18.7 Å². The van der Waals surface area contributed by atoms with Crippen molar-refractivity contribution in [3.63, 3.8) is 0 Å². The monoisotopic (exact) mass is 358 g/mol. The molecule has 0 amide bonds. The molecule has 0 aliphatic heterocycles. The summed E-state index contributed by atoms with van der Waals surface area (Å²) in [5.74, 6) is -0.473. The summed E-state index contributed by atoms with van der Waals surface area (Å²) in [6.07, 6.45) is 1.70. The summed E-state index contributed by atoms with van der Waals surface area (Å²) in [5, 5.41) is 0. The van der Waals surface area contributed by atoms with Crippen molar-refractivity contribution in [2.45, 2.75) is 20.5 Å². The van der Waals surface area contributed by atoms with Crippen molar-refractivity contribution in [2.24, 2.45) is 4.99 Å². The van der Waals surface area contributed by atoms with Crippen LogP contribution in [0.2, 0.25) is 0 Å². The zero-order chi connectivity index (χ0) is 19.1. The van der Waals surface area contributed by atoms with Gasteiger partial charge in [0.05, 0.1) is 19.0 Å². The molecule has 0 aliphatic rings. The van der Waals surface area contributed by atoms with Gasteiger partial charge in [0.15, 0.2) is 0 Å². The number of aliphatic imine (C=N–C) groups is 1. The lowest BCUT2D eigenvalue weighted by molar-refractivity contribution is 0.0467. The van der Waals surface area contributed by atoms with Crippen LogP contribution in [0, 0.1) is 12.7 Å². The van der Waals surface area contributed by atoms with Gasteiger partial charge in [-0.3, -0.25) is 0 Å². The molecule has 0 spiro atoms. The number of hydrogen-bond acceptors (Lipinski definition) is 4. The van der Waals surface area contributed by atoms with Gasteiger partial charge in [0.25, 0.3) is 0 Å². The van der Waals surface area contributed by atoms with Crippen LogP contribution in [0.15, 0.2) is 41.4 Å². The topological polar surface area (TPSA) is 51.1 Å². The normalized spacial score (nSPS) is 10.8. The number of benzene rings is 2. The Morgan fingerprint density at radius 3 is 2.69 bits per heavy atom. The fourth-order valence-electron chi connectivity index (χ4n) is 2.24. The molecule has 26 heavy (non-hydrogen) atoms. The van der Waals surface area contributed by atoms with E-state index < -0.39 is 11.8 Å². The van der Waals surface area contributed by atoms with Crippen LogP contribution in [0.25, 0.3) is 0 Å². The number of ether oxygens (including phenoxy) is 2. The second-order valence-electron chi connectivity index (χ2n) is 5.82. The molecule has 0 heterocycles. The standard InChI is InChI=1S/C20H23FN2O3/c1-5-23(3)13-22-18-10-14(2)16(11-19(18)25-4)20(24)26-12-15-8-6-7-9-17(15)21/h6-11,13H,5,12H2,1-4H3/b22-13+. The highest BCUT2D eigenvalue weighted by atomic mass is 19.1. The summed E-state index contributed by atoms with van der Waals surface area (Å²) in [6.45, 7) is 4.50. The Bertz CT molecular complexity index is 806. The Morgan fingerprint density at radius 2 is 2.04 bits per heavy atom. The molecule has 2 aromatic rings. The molecule has 0 saturated carbocycles. The minimum atomic E-state index is -0.537. The first-order chi connectivity index (χ1) is 12.5. The molecule has 6 heteroatoms. The van der Waals surface area contributed by atoms with E-state index in [1.807, 2.05) is 18.9 Å². The van der Waals surface area contributed by atoms with Crippen LogP contribution in [-0.2, 0) is 11.3 Å². The Hall–Kier alpha value is -2.89. The second kappa shape index (κ2) is 8.99. The average molecular weight is 358 g/mol. The van der Waals surface area contributed by atoms with Crippen LogP contribution in [0.3, 0.4) is 0 Å². The quantitative estimate of drug-likeness (QED) is 0.425. The largest absolute Gasteiger partial charge is 0.494 e. The molecule has 0 unspecified atom stereocenters. The third kappa shape index (κ3) is 4.81. The van der Waals surface area contributed by atoms with E-state index in [0.29, 0.717) is 28.1 Å². The third-order valence-electron chi connectivity index (χ3n) is 3.96. The second-order valence-corrected chi connectivity index (χ2v) is 5.82. The highest BCUT2D eigenvalue weighted by Gasteiger charge is 2.16. The van der Waals surface area contributed by atoms with Gasteiger partial charge >= 0.3 is 5.97 Å².